The first kappa shape index (κ1) is 12.0. The quantitative estimate of drug-likeness (QED) is 0.691. The third-order valence-electron chi connectivity index (χ3n) is 2.71. The molecule has 1 nitrogen and oxygen atoms in total. The van der Waals surface area contributed by atoms with E-state index < -0.39 is 0 Å². The van der Waals surface area contributed by atoms with Crippen LogP contribution in [-0.4, -0.2) is 5.78 Å². The van der Waals surface area contributed by atoms with Crippen molar-refractivity contribution in [2.45, 2.75) is 39.5 Å². The summed E-state index contributed by atoms with van der Waals surface area (Å²) in [6.45, 7) is 4.15. The van der Waals surface area contributed by atoms with E-state index in [4.69, 9.17) is 0 Å². The van der Waals surface area contributed by atoms with Crippen molar-refractivity contribution in [2.75, 3.05) is 0 Å². The summed E-state index contributed by atoms with van der Waals surface area (Å²) in [5, 5.41) is 0. The molecular formula is C14H20O. The number of Topliss-reactive ketones (excluding diaryl/α,β-unsaturated/α-hetero) is 1. The number of benzene rings is 1. The fraction of sp³-hybridized carbons (Fsp3) is 0.500. The van der Waals surface area contributed by atoms with Crippen LogP contribution in [0.15, 0.2) is 30.3 Å². The van der Waals surface area contributed by atoms with Gasteiger partial charge in [0.05, 0.1) is 0 Å². The van der Waals surface area contributed by atoms with E-state index in [1.165, 1.54) is 5.56 Å². The van der Waals surface area contributed by atoms with Crippen LogP contribution in [-0.2, 0) is 11.2 Å². The molecule has 0 bridgehead atoms. The summed E-state index contributed by atoms with van der Waals surface area (Å²) in [7, 11) is 0. The van der Waals surface area contributed by atoms with Gasteiger partial charge in [-0.3, -0.25) is 4.79 Å². The number of hydrogen-bond donors (Lipinski definition) is 0. The molecule has 0 aliphatic carbocycles. The van der Waals surface area contributed by atoms with Crippen LogP contribution >= 0.6 is 0 Å². The van der Waals surface area contributed by atoms with Crippen molar-refractivity contribution in [3.63, 3.8) is 0 Å². The van der Waals surface area contributed by atoms with E-state index in [-0.39, 0.29) is 5.92 Å². The van der Waals surface area contributed by atoms with Crippen LogP contribution in [0.1, 0.15) is 38.7 Å². The van der Waals surface area contributed by atoms with Gasteiger partial charge in [0.2, 0.25) is 0 Å². The molecule has 1 heteroatoms. The molecule has 0 aliphatic rings. The molecule has 1 aromatic rings. The van der Waals surface area contributed by atoms with Gasteiger partial charge >= 0.3 is 0 Å². The highest BCUT2D eigenvalue weighted by Gasteiger charge is 2.12. The number of unbranched alkanes of at least 4 members (excludes halogenated alkanes) is 1. The zero-order valence-corrected chi connectivity index (χ0v) is 9.70. The molecule has 82 valence electrons. The Morgan fingerprint density at radius 3 is 2.53 bits per heavy atom. The highest BCUT2D eigenvalue weighted by molar-refractivity contribution is 5.80. The Morgan fingerprint density at radius 1 is 1.27 bits per heavy atom. The van der Waals surface area contributed by atoms with E-state index >= 15 is 0 Å². The van der Waals surface area contributed by atoms with E-state index in [1.54, 1.807) is 0 Å². The minimum Gasteiger partial charge on any atom is -0.299 e. The maximum absolute atomic E-state index is 11.7. The van der Waals surface area contributed by atoms with Gasteiger partial charge in [-0.1, -0.05) is 50.6 Å². The Balaban J connectivity index is 2.41. The highest BCUT2D eigenvalue weighted by atomic mass is 16.1. The van der Waals surface area contributed by atoms with E-state index in [2.05, 4.69) is 19.1 Å². The lowest BCUT2D eigenvalue weighted by atomic mass is 9.94. The Kier molecular flexibility index (Phi) is 5.09. The number of hydrogen-bond acceptors (Lipinski definition) is 1. The number of ketones is 1. The second-order valence-corrected chi connectivity index (χ2v) is 4.16. The van der Waals surface area contributed by atoms with Crippen molar-refractivity contribution < 1.29 is 4.79 Å². The minimum absolute atomic E-state index is 0.166. The van der Waals surface area contributed by atoms with Gasteiger partial charge in [-0.15, -0.1) is 0 Å². The topological polar surface area (TPSA) is 17.1 Å². The Bertz CT molecular complexity index is 289. The Morgan fingerprint density at radius 2 is 1.93 bits per heavy atom. The number of rotatable bonds is 6. The molecule has 1 rings (SSSR count). The predicted molar refractivity (Wildman–Crippen MR) is 63.8 cm³/mol. The zero-order valence-electron chi connectivity index (χ0n) is 9.70. The van der Waals surface area contributed by atoms with E-state index in [0.717, 1.165) is 25.7 Å². The van der Waals surface area contributed by atoms with Crippen molar-refractivity contribution in [3.05, 3.63) is 35.9 Å². The average molecular weight is 204 g/mol. The smallest absolute Gasteiger partial charge is 0.136 e. The monoisotopic (exact) mass is 204 g/mol. The summed E-state index contributed by atoms with van der Waals surface area (Å²) >= 11 is 0. The third kappa shape index (κ3) is 4.28. The largest absolute Gasteiger partial charge is 0.299 e. The van der Waals surface area contributed by atoms with Crippen molar-refractivity contribution in [1.29, 1.82) is 0 Å². The molecule has 0 aliphatic heterocycles. The highest BCUT2D eigenvalue weighted by Crippen LogP contribution is 2.12. The van der Waals surface area contributed by atoms with Crippen molar-refractivity contribution in [2.24, 2.45) is 5.92 Å². The fourth-order valence-electron chi connectivity index (χ4n) is 1.68. The normalized spacial score (nSPS) is 12.4. The molecule has 0 N–H and O–H groups in total. The van der Waals surface area contributed by atoms with E-state index in [1.807, 2.05) is 25.1 Å². The van der Waals surface area contributed by atoms with E-state index in [9.17, 15) is 4.79 Å². The van der Waals surface area contributed by atoms with Crippen molar-refractivity contribution in [3.8, 4) is 0 Å². The SMILES string of the molecule is CCCCC(=O)C(C)Cc1ccccc1. The molecule has 0 heterocycles. The molecular weight excluding hydrogens is 184 g/mol. The van der Waals surface area contributed by atoms with Crippen LogP contribution in [0.3, 0.4) is 0 Å². The average Bonchev–Trinajstić information content (AvgIpc) is 2.27. The van der Waals surface area contributed by atoms with Gasteiger partial charge < -0.3 is 0 Å². The predicted octanol–water partition coefficient (Wildman–Crippen LogP) is 3.62. The first-order valence-electron chi connectivity index (χ1n) is 5.80. The van der Waals surface area contributed by atoms with E-state index in [0.29, 0.717) is 5.78 Å². The van der Waals surface area contributed by atoms with Gasteiger partial charge in [0.15, 0.2) is 0 Å². The number of carbonyl (C=O) groups excluding carboxylic acids is 1. The number of carbonyl (C=O) groups is 1. The molecule has 1 unspecified atom stereocenters. The molecule has 0 aromatic heterocycles. The van der Waals surface area contributed by atoms with Gasteiger partial charge in [0.25, 0.3) is 0 Å². The molecule has 0 radical (unpaired) electrons. The Hall–Kier alpha value is -1.11. The summed E-state index contributed by atoms with van der Waals surface area (Å²) < 4.78 is 0. The summed E-state index contributed by atoms with van der Waals surface area (Å²) in [5.74, 6) is 0.569. The Labute approximate surface area is 92.5 Å². The van der Waals surface area contributed by atoms with Gasteiger partial charge in [0.1, 0.15) is 5.78 Å². The van der Waals surface area contributed by atoms with Crippen LogP contribution in [0.5, 0.6) is 0 Å². The van der Waals surface area contributed by atoms with Crippen molar-refractivity contribution >= 4 is 5.78 Å². The molecule has 0 amide bonds. The first-order valence-corrected chi connectivity index (χ1v) is 5.80. The molecule has 0 saturated heterocycles. The van der Waals surface area contributed by atoms with Crippen LogP contribution in [0.25, 0.3) is 0 Å². The first-order chi connectivity index (χ1) is 7.24. The zero-order chi connectivity index (χ0) is 11.1. The second-order valence-electron chi connectivity index (χ2n) is 4.16. The van der Waals surface area contributed by atoms with Gasteiger partial charge in [-0.25, -0.2) is 0 Å². The molecule has 0 spiro atoms. The molecule has 0 fully saturated rings. The maximum Gasteiger partial charge on any atom is 0.136 e. The summed E-state index contributed by atoms with van der Waals surface area (Å²) in [6.07, 6.45) is 3.75. The fourth-order valence-corrected chi connectivity index (χ4v) is 1.68. The van der Waals surface area contributed by atoms with Crippen LogP contribution in [0.2, 0.25) is 0 Å². The molecule has 1 aromatic carbocycles. The van der Waals surface area contributed by atoms with Gasteiger partial charge in [-0.05, 0) is 18.4 Å². The lowest BCUT2D eigenvalue weighted by molar-refractivity contribution is -0.122. The van der Waals surface area contributed by atoms with Gasteiger partial charge in [0, 0.05) is 12.3 Å². The molecule has 15 heavy (non-hydrogen) atoms. The summed E-state index contributed by atoms with van der Waals surface area (Å²) in [4.78, 5) is 11.7. The lowest BCUT2D eigenvalue weighted by Gasteiger charge is -2.09. The molecule has 1 atom stereocenters. The minimum atomic E-state index is 0.166. The maximum atomic E-state index is 11.7. The van der Waals surface area contributed by atoms with Crippen molar-refractivity contribution in [1.82, 2.24) is 0 Å². The van der Waals surface area contributed by atoms with Crippen LogP contribution in [0.4, 0.5) is 0 Å². The van der Waals surface area contributed by atoms with Gasteiger partial charge in [-0.2, -0.15) is 0 Å². The third-order valence-corrected chi connectivity index (χ3v) is 2.71. The lowest BCUT2D eigenvalue weighted by Crippen LogP contribution is -2.13. The van der Waals surface area contributed by atoms with Crippen LogP contribution in [0, 0.1) is 5.92 Å². The van der Waals surface area contributed by atoms with Crippen LogP contribution < -0.4 is 0 Å². The standard InChI is InChI=1S/C14H20O/c1-3-4-10-14(15)12(2)11-13-8-6-5-7-9-13/h5-9,12H,3-4,10-11H2,1-2H3. The summed E-state index contributed by atoms with van der Waals surface area (Å²) in [6, 6.07) is 10.2. The second kappa shape index (κ2) is 6.39. The molecule has 0 saturated carbocycles. The summed E-state index contributed by atoms with van der Waals surface area (Å²) in [5.41, 5.74) is 1.26.